The van der Waals surface area contributed by atoms with Crippen LogP contribution < -0.4 is 11.1 Å². The summed E-state index contributed by atoms with van der Waals surface area (Å²) in [4.78, 5) is 26.6. The predicted octanol–water partition coefficient (Wildman–Crippen LogP) is 2.60. The van der Waals surface area contributed by atoms with Crippen molar-refractivity contribution in [2.75, 3.05) is 0 Å². The van der Waals surface area contributed by atoms with Gasteiger partial charge in [0.1, 0.15) is 5.69 Å². The molecule has 0 bridgehead atoms. The van der Waals surface area contributed by atoms with Crippen molar-refractivity contribution in [1.29, 1.82) is 0 Å². The first-order valence-corrected chi connectivity index (χ1v) is 7.79. The number of rotatable bonds is 3. The van der Waals surface area contributed by atoms with Crippen LogP contribution in [0.5, 0.6) is 0 Å². The Morgan fingerprint density at radius 1 is 1.18 bits per heavy atom. The average molecular weight is 320 g/mol. The molecular formula is C16H18ClN3O2. The van der Waals surface area contributed by atoms with E-state index in [9.17, 15) is 9.59 Å². The molecule has 1 saturated carbocycles. The van der Waals surface area contributed by atoms with Gasteiger partial charge in [-0.25, -0.2) is 0 Å². The second-order valence-electron chi connectivity index (χ2n) is 5.84. The van der Waals surface area contributed by atoms with Crippen LogP contribution in [-0.4, -0.2) is 22.8 Å². The van der Waals surface area contributed by atoms with Crippen molar-refractivity contribution < 1.29 is 9.59 Å². The van der Waals surface area contributed by atoms with Gasteiger partial charge in [0, 0.05) is 27.9 Å². The number of hydrogen-bond donors (Lipinski definition) is 3. The molecule has 1 aromatic carbocycles. The van der Waals surface area contributed by atoms with E-state index in [0.29, 0.717) is 10.7 Å². The quantitative estimate of drug-likeness (QED) is 0.812. The molecule has 116 valence electrons. The summed E-state index contributed by atoms with van der Waals surface area (Å²) in [7, 11) is 0. The zero-order chi connectivity index (χ0) is 15.7. The molecule has 0 saturated heterocycles. The lowest BCUT2D eigenvalue weighted by Gasteiger charge is -2.27. The second-order valence-corrected chi connectivity index (χ2v) is 6.28. The van der Waals surface area contributed by atoms with Gasteiger partial charge in [-0.1, -0.05) is 11.6 Å². The van der Waals surface area contributed by atoms with Gasteiger partial charge in [0.25, 0.3) is 5.91 Å². The van der Waals surface area contributed by atoms with Crippen LogP contribution in [0, 0.1) is 5.92 Å². The Morgan fingerprint density at radius 2 is 1.91 bits per heavy atom. The van der Waals surface area contributed by atoms with Crippen molar-refractivity contribution in [2.45, 2.75) is 31.7 Å². The molecule has 2 aromatic rings. The van der Waals surface area contributed by atoms with Gasteiger partial charge in [0.2, 0.25) is 5.91 Å². The predicted molar refractivity (Wildman–Crippen MR) is 85.7 cm³/mol. The molecule has 5 nitrogen and oxygen atoms in total. The zero-order valence-electron chi connectivity index (χ0n) is 12.1. The standard InChI is InChI=1S/C16H18ClN3O2/c17-11-3-6-13-10(7-11)8-14(20-13)16(22)19-12-4-1-9(2-5-12)15(18)21/h3,6-9,12,20H,1-2,4-5H2,(H2,18,21)(H,19,22). The number of amides is 2. The van der Waals surface area contributed by atoms with Crippen LogP contribution in [0.3, 0.4) is 0 Å². The summed E-state index contributed by atoms with van der Waals surface area (Å²) >= 11 is 5.95. The minimum atomic E-state index is -0.239. The smallest absolute Gasteiger partial charge is 0.267 e. The number of aromatic nitrogens is 1. The molecule has 3 rings (SSSR count). The Balaban J connectivity index is 1.65. The van der Waals surface area contributed by atoms with E-state index < -0.39 is 0 Å². The maximum Gasteiger partial charge on any atom is 0.267 e. The van der Waals surface area contributed by atoms with Gasteiger partial charge in [0.15, 0.2) is 0 Å². The molecule has 0 atom stereocenters. The number of fused-ring (bicyclic) bond motifs is 1. The average Bonchev–Trinajstić information content (AvgIpc) is 2.91. The molecule has 2 amide bonds. The van der Waals surface area contributed by atoms with Gasteiger partial charge < -0.3 is 16.0 Å². The van der Waals surface area contributed by atoms with Gasteiger partial charge in [-0.05, 0) is 49.9 Å². The number of primary amides is 1. The highest BCUT2D eigenvalue weighted by atomic mass is 35.5. The third-order valence-electron chi connectivity index (χ3n) is 4.29. The molecule has 1 fully saturated rings. The van der Waals surface area contributed by atoms with Gasteiger partial charge in [-0.2, -0.15) is 0 Å². The minimum absolute atomic E-state index is 0.0524. The van der Waals surface area contributed by atoms with Crippen LogP contribution in [0.1, 0.15) is 36.2 Å². The van der Waals surface area contributed by atoms with Crippen molar-refractivity contribution in [3.63, 3.8) is 0 Å². The summed E-state index contributed by atoms with van der Waals surface area (Å²) in [5.41, 5.74) is 6.72. The molecule has 0 unspecified atom stereocenters. The van der Waals surface area contributed by atoms with Crippen molar-refractivity contribution in [3.05, 3.63) is 35.0 Å². The number of halogens is 1. The summed E-state index contributed by atoms with van der Waals surface area (Å²) in [6.07, 6.45) is 3.04. The van der Waals surface area contributed by atoms with E-state index in [0.717, 1.165) is 36.6 Å². The first kappa shape index (κ1) is 14.9. The molecule has 1 aromatic heterocycles. The van der Waals surface area contributed by atoms with Crippen LogP contribution in [0.25, 0.3) is 10.9 Å². The summed E-state index contributed by atoms with van der Waals surface area (Å²) in [5, 5.41) is 4.57. The molecule has 6 heteroatoms. The molecular weight excluding hydrogens is 302 g/mol. The maximum atomic E-state index is 12.3. The first-order chi connectivity index (χ1) is 10.5. The molecule has 22 heavy (non-hydrogen) atoms. The van der Waals surface area contributed by atoms with Gasteiger partial charge >= 0.3 is 0 Å². The van der Waals surface area contributed by atoms with E-state index in [1.54, 1.807) is 12.1 Å². The van der Waals surface area contributed by atoms with Crippen LogP contribution >= 0.6 is 11.6 Å². The number of H-pyrrole nitrogens is 1. The fraction of sp³-hybridized carbons (Fsp3) is 0.375. The number of nitrogens with one attached hydrogen (secondary N) is 2. The van der Waals surface area contributed by atoms with Crippen LogP contribution in [0.15, 0.2) is 24.3 Å². The van der Waals surface area contributed by atoms with E-state index >= 15 is 0 Å². The number of nitrogens with two attached hydrogens (primary N) is 1. The largest absolute Gasteiger partial charge is 0.369 e. The number of benzene rings is 1. The molecule has 4 N–H and O–H groups in total. The summed E-state index contributed by atoms with van der Waals surface area (Å²) in [6.45, 7) is 0. The minimum Gasteiger partial charge on any atom is -0.369 e. The monoisotopic (exact) mass is 319 g/mol. The normalized spacial score (nSPS) is 21.7. The van der Waals surface area contributed by atoms with Crippen LogP contribution in [0.2, 0.25) is 5.02 Å². The molecule has 0 spiro atoms. The van der Waals surface area contributed by atoms with E-state index in [1.807, 2.05) is 12.1 Å². The van der Waals surface area contributed by atoms with E-state index in [2.05, 4.69) is 10.3 Å². The number of carbonyl (C=O) groups is 2. The fourth-order valence-electron chi connectivity index (χ4n) is 3.01. The fourth-order valence-corrected chi connectivity index (χ4v) is 3.19. The molecule has 1 aliphatic carbocycles. The first-order valence-electron chi connectivity index (χ1n) is 7.41. The Labute approximate surface area is 133 Å². The Morgan fingerprint density at radius 3 is 2.59 bits per heavy atom. The Bertz CT molecular complexity index is 717. The topological polar surface area (TPSA) is 88.0 Å². The lowest BCUT2D eigenvalue weighted by atomic mass is 9.85. The molecule has 1 heterocycles. The van der Waals surface area contributed by atoms with E-state index in [-0.39, 0.29) is 23.8 Å². The third kappa shape index (κ3) is 3.09. The molecule has 1 aliphatic rings. The van der Waals surface area contributed by atoms with Crippen LogP contribution in [-0.2, 0) is 4.79 Å². The Kier molecular flexibility index (Phi) is 4.07. The van der Waals surface area contributed by atoms with Crippen molar-refractivity contribution in [1.82, 2.24) is 10.3 Å². The highest BCUT2D eigenvalue weighted by molar-refractivity contribution is 6.31. The SMILES string of the molecule is NC(=O)C1CCC(NC(=O)c2cc3cc(Cl)ccc3[nH]2)CC1. The van der Waals surface area contributed by atoms with Crippen molar-refractivity contribution in [3.8, 4) is 0 Å². The summed E-state index contributed by atoms with van der Waals surface area (Å²) in [6, 6.07) is 7.35. The highest BCUT2D eigenvalue weighted by Crippen LogP contribution is 2.25. The van der Waals surface area contributed by atoms with E-state index in [1.165, 1.54) is 0 Å². The highest BCUT2D eigenvalue weighted by Gasteiger charge is 2.26. The number of aromatic amines is 1. The maximum absolute atomic E-state index is 12.3. The van der Waals surface area contributed by atoms with Gasteiger partial charge in [0.05, 0.1) is 0 Å². The number of carbonyl (C=O) groups excluding carboxylic acids is 2. The lowest BCUT2D eigenvalue weighted by Crippen LogP contribution is -2.39. The van der Waals surface area contributed by atoms with E-state index in [4.69, 9.17) is 17.3 Å². The van der Waals surface area contributed by atoms with Crippen LogP contribution in [0.4, 0.5) is 0 Å². The summed E-state index contributed by atoms with van der Waals surface area (Å²) in [5.74, 6) is -0.421. The number of hydrogen-bond acceptors (Lipinski definition) is 2. The second kappa shape index (κ2) is 6.01. The lowest BCUT2D eigenvalue weighted by molar-refractivity contribution is -0.122. The molecule has 0 aliphatic heterocycles. The zero-order valence-corrected chi connectivity index (χ0v) is 12.8. The summed E-state index contributed by atoms with van der Waals surface area (Å²) < 4.78 is 0. The third-order valence-corrected chi connectivity index (χ3v) is 4.53. The van der Waals surface area contributed by atoms with Gasteiger partial charge in [-0.3, -0.25) is 9.59 Å². The van der Waals surface area contributed by atoms with Crippen molar-refractivity contribution >= 4 is 34.3 Å². The van der Waals surface area contributed by atoms with Crippen molar-refractivity contribution in [2.24, 2.45) is 11.7 Å². The van der Waals surface area contributed by atoms with Gasteiger partial charge in [-0.15, -0.1) is 0 Å². The Hall–Kier alpha value is -2.01. The molecule has 0 radical (unpaired) electrons.